The van der Waals surface area contributed by atoms with Gasteiger partial charge in [-0.25, -0.2) is 4.98 Å². The molecule has 0 aliphatic heterocycles. The van der Waals surface area contributed by atoms with Gasteiger partial charge in [-0.1, -0.05) is 0 Å². The van der Waals surface area contributed by atoms with Gasteiger partial charge in [0.25, 0.3) is 0 Å². The van der Waals surface area contributed by atoms with Gasteiger partial charge in [-0.2, -0.15) is 0 Å². The lowest BCUT2D eigenvalue weighted by Crippen LogP contribution is -2.11. The molecule has 1 aromatic heterocycles. The van der Waals surface area contributed by atoms with Crippen LogP contribution in [0.25, 0.3) is 0 Å². The summed E-state index contributed by atoms with van der Waals surface area (Å²) in [5, 5.41) is 3.19. The molecular formula is C13H22N2O3S. The summed E-state index contributed by atoms with van der Waals surface area (Å²) in [5.74, 6) is 0.0382. The lowest BCUT2D eigenvalue weighted by atomic mass is 10.4. The van der Waals surface area contributed by atoms with Crippen LogP contribution in [0, 0.1) is 0 Å². The molecule has 0 N–H and O–H groups in total. The summed E-state index contributed by atoms with van der Waals surface area (Å²) in [6.07, 6.45) is 0.824. The number of ether oxygens (including phenoxy) is 2. The average Bonchev–Trinajstić information content (AvgIpc) is 2.74. The van der Waals surface area contributed by atoms with Crippen molar-refractivity contribution in [2.24, 2.45) is 0 Å². The summed E-state index contributed by atoms with van der Waals surface area (Å²) < 4.78 is 10.5. The number of rotatable bonds is 10. The first-order chi connectivity index (χ1) is 9.08. The van der Waals surface area contributed by atoms with Gasteiger partial charge >= 0.3 is 0 Å². The smallest absolute Gasteiger partial charge is 0.155 e. The molecule has 1 aromatic rings. The van der Waals surface area contributed by atoms with Gasteiger partial charge in [-0.05, 0) is 21.0 Å². The van der Waals surface area contributed by atoms with E-state index in [2.05, 4.69) is 15.3 Å². The molecule has 5 nitrogen and oxygen atoms in total. The van der Waals surface area contributed by atoms with Crippen LogP contribution in [0.2, 0.25) is 0 Å². The number of carbonyl (C=O) groups excluding carboxylic acids is 1. The Kier molecular flexibility index (Phi) is 7.81. The van der Waals surface area contributed by atoms with Crippen molar-refractivity contribution in [2.45, 2.75) is 19.9 Å². The SMILES string of the molecule is CC(=O)COCCOCCc1nc(CN(C)C)cs1. The molecular weight excluding hydrogens is 264 g/mol. The van der Waals surface area contributed by atoms with Crippen LogP contribution in [-0.2, 0) is 27.2 Å². The molecule has 0 amide bonds. The molecule has 19 heavy (non-hydrogen) atoms. The first kappa shape index (κ1) is 16.2. The van der Waals surface area contributed by atoms with Crippen LogP contribution in [0.4, 0.5) is 0 Å². The Balaban J connectivity index is 2.06. The minimum atomic E-state index is 0.0382. The van der Waals surface area contributed by atoms with E-state index in [0.29, 0.717) is 19.8 Å². The van der Waals surface area contributed by atoms with E-state index in [1.165, 1.54) is 6.92 Å². The molecule has 0 aliphatic rings. The van der Waals surface area contributed by atoms with Gasteiger partial charge in [0.1, 0.15) is 6.61 Å². The number of ketones is 1. The highest BCUT2D eigenvalue weighted by atomic mass is 32.1. The van der Waals surface area contributed by atoms with Crippen LogP contribution in [-0.4, -0.2) is 56.2 Å². The normalized spacial score (nSPS) is 11.2. The fraction of sp³-hybridized carbons (Fsp3) is 0.692. The Labute approximate surface area is 118 Å². The Morgan fingerprint density at radius 3 is 2.74 bits per heavy atom. The molecule has 0 saturated heterocycles. The molecule has 1 heterocycles. The molecule has 108 valence electrons. The minimum absolute atomic E-state index is 0.0382. The zero-order chi connectivity index (χ0) is 14.1. The molecule has 6 heteroatoms. The van der Waals surface area contributed by atoms with E-state index in [1.807, 2.05) is 14.1 Å². The summed E-state index contributed by atoms with van der Waals surface area (Å²) in [6, 6.07) is 0. The number of nitrogens with zero attached hydrogens (tertiary/aromatic N) is 2. The van der Waals surface area contributed by atoms with Crippen LogP contribution >= 0.6 is 11.3 Å². The quantitative estimate of drug-likeness (QED) is 0.608. The molecule has 0 fully saturated rings. The third kappa shape index (κ3) is 8.05. The van der Waals surface area contributed by atoms with Crippen molar-refractivity contribution in [3.8, 4) is 0 Å². The highest BCUT2D eigenvalue weighted by Crippen LogP contribution is 2.11. The third-order valence-electron chi connectivity index (χ3n) is 2.22. The highest BCUT2D eigenvalue weighted by molar-refractivity contribution is 7.09. The summed E-state index contributed by atoms with van der Waals surface area (Å²) >= 11 is 1.67. The molecule has 0 unspecified atom stereocenters. The largest absolute Gasteiger partial charge is 0.379 e. The van der Waals surface area contributed by atoms with E-state index in [0.717, 1.165) is 23.7 Å². The second-order valence-electron chi connectivity index (χ2n) is 4.59. The van der Waals surface area contributed by atoms with Crippen LogP contribution in [0.5, 0.6) is 0 Å². The van der Waals surface area contributed by atoms with Gasteiger partial charge in [0, 0.05) is 18.3 Å². The zero-order valence-corrected chi connectivity index (χ0v) is 12.7. The number of hydrogen-bond acceptors (Lipinski definition) is 6. The van der Waals surface area contributed by atoms with E-state index < -0.39 is 0 Å². The van der Waals surface area contributed by atoms with Gasteiger partial charge < -0.3 is 14.4 Å². The van der Waals surface area contributed by atoms with Crippen molar-refractivity contribution in [3.05, 3.63) is 16.1 Å². The monoisotopic (exact) mass is 286 g/mol. The van der Waals surface area contributed by atoms with Crippen molar-refractivity contribution in [1.82, 2.24) is 9.88 Å². The predicted molar refractivity (Wildman–Crippen MR) is 75.5 cm³/mol. The van der Waals surface area contributed by atoms with Gasteiger partial charge in [0.15, 0.2) is 5.78 Å². The number of Topliss-reactive ketones (excluding diaryl/α,β-unsaturated/α-hetero) is 1. The summed E-state index contributed by atoms with van der Waals surface area (Å²) in [4.78, 5) is 17.2. The minimum Gasteiger partial charge on any atom is -0.379 e. The van der Waals surface area contributed by atoms with Crippen LogP contribution in [0.15, 0.2) is 5.38 Å². The van der Waals surface area contributed by atoms with E-state index in [4.69, 9.17) is 9.47 Å². The first-order valence-electron chi connectivity index (χ1n) is 6.31. The second-order valence-corrected chi connectivity index (χ2v) is 5.53. The zero-order valence-electron chi connectivity index (χ0n) is 11.8. The molecule has 0 radical (unpaired) electrons. The molecule has 0 aliphatic carbocycles. The maximum atomic E-state index is 10.6. The lowest BCUT2D eigenvalue weighted by molar-refractivity contribution is -0.121. The van der Waals surface area contributed by atoms with Gasteiger partial charge in [0.05, 0.1) is 30.5 Å². The third-order valence-corrected chi connectivity index (χ3v) is 3.17. The van der Waals surface area contributed by atoms with E-state index in [1.54, 1.807) is 11.3 Å². The summed E-state index contributed by atoms with van der Waals surface area (Å²) in [6.45, 7) is 4.17. The first-order valence-corrected chi connectivity index (χ1v) is 7.19. The predicted octanol–water partition coefficient (Wildman–Crippen LogP) is 1.37. The maximum absolute atomic E-state index is 10.6. The molecule has 0 bridgehead atoms. The fourth-order valence-electron chi connectivity index (χ4n) is 1.46. The summed E-state index contributed by atoms with van der Waals surface area (Å²) in [7, 11) is 4.06. The van der Waals surface area contributed by atoms with Crippen LogP contribution in [0.1, 0.15) is 17.6 Å². The topological polar surface area (TPSA) is 51.7 Å². The maximum Gasteiger partial charge on any atom is 0.155 e. The number of thiazole rings is 1. The Morgan fingerprint density at radius 2 is 2.05 bits per heavy atom. The average molecular weight is 286 g/mol. The summed E-state index contributed by atoms with van der Waals surface area (Å²) in [5.41, 5.74) is 1.11. The standard InChI is InChI=1S/C13H22N2O3S/c1-11(16)9-18-7-6-17-5-4-13-14-12(10-19-13)8-15(2)3/h10H,4-9H2,1-3H3. The molecule has 0 saturated carbocycles. The molecule has 0 atom stereocenters. The van der Waals surface area contributed by atoms with Crippen molar-refractivity contribution in [3.63, 3.8) is 0 Å². The molecule has 1 rings (SSSR count). The van der Waals surface area contributed by atoms with Crippen molar-refractivity contribution in [1.29, 1.82) is 0 Å². The number of carbonyl (C=O) groups is 1. The van der Waals surface area contributed by atoms with Crippen LogP contribution < -0.4 is 0 Å². The Morgan fingerprint density at radius 1 is 1.32 bits per heavy atom. The number of hydrogen-bond donors (Lipinski definition) is 0. The molecule has 0 aromatic carbocycles. The highest BCUT2D eigenvalue weighted by Gasteiger charge is 2.03. The van der Waals surface area contributed by atoms with Crippen LogP contribution in [0.3, 0.4) is 0 Å². The Bertz CT molecular complexity index is 380. The van der Waals surface area contributed by atoms with E-state index in [-0.39, 0.29) is 12.4 Å². The fourth-order valence-corrected chi connectivity index (χ4v) is 2.23. The Hall–Kier alpha value is -0.820. The van der Waals surface area contributed by atoms with Gasteiger partial charge in [0.2, 0.25) is 0 Å². The molecule has 0 spiro atoms. The van der Waals surface area contributed by atoms with Gasteiger partial charge in [-0.15, -0.1) is 11.3 Å². The number of aromatic nitrogens is 1. The van der Waals surface area contributed by atoms with E-state index in [9.17, 15) is 4.79 Å². The van der Waals surface area contributed by atoms with Crippen molar-refractivity contribution in [2.75, 3.05) is 40.5 Å². The second kappa shape index (κ2) is 9.14. The van der Waals surface area contributed by atoms with Crippen molar-refractivity contribution >= 4 is 17.1 Å². The lowest BCUT2D eigenvalue weighted by Gasteiger charge is -2.05. The van der Waals surface area contributed by atoms with Crippen molar-refractivity contribution < 1.29 is 14.3 Å². The van der Waals surface area contributed by atoms with E-state index >= 15 is 0 Å². The van der Waals surface area contributed by atoms with Gasteiger partial charge in [-0.3, -0.25) is 4.79 Å².